The summed E-state index contributed by atoms with van der Waals surface area (Å²) < 4.78 is 27.4. The van der Waals surface area contributed by atoms with Crippen molar-refractivity contribution in [2.45, 2.75) is 38.2 Å². The molecule has 0 saturated carbocycles. The SMILES string of the molecule is COc1ccc(CN(C[C@@H](O)COCc2ccco2)C[C@H]2CCCO2)cc1OC. The third-order valence-electron chi connectivity index (χ3n) is 4.94. The highest BCUT2D eigenvalue weighted by atomic mass is 16.5. The molecule has 7 heteroatoms. The summed E-state index contributed by atoms with van der Waals surface area (Å²) in [5, 5.41) is 10.5. The molecule has 0 amide bonds. The normalized spacial score (nSPS) is 17.6. The first-order valence-corrected chi connectivity index (χ1v) is 10.0. The van der Waals surface area contributed by atoms with Crippen LogP contribution in [0.2, 0.25) is 0 Å². The number of ether oxygens (including phenoxy) is 4. The highest BCUT2D eigenvalue weighted by molar-refractivity contribution is 5.42. The van der Waals surface area contributed by atoms with Crippen molar-refractivity contribution < 1.29 is 28.5 Å². The second kappa shape index (κ2) is 11.2. The fraction of sp³-hybridized carbons (Fsp3) is 0.545. The number of methoxy groups -OCH3 is 2. The highest BCUT2D eigenvalue weighted by Gasteiger charge is 2.22. The molecule has 1 aliphatic heterocycles. The van der Waals surface area contributed by atoms with Gasteiger partial charge in [-0.15, -0.1) is 0 Å². The number of hydrogen-bond donors (Lipinski definition) is 1. The maximum absolute atomic E-state index is 10.5. The van der Waals surface area contributed by atoms with Crippen LogP contribution in [0.5, 0.6) is 11.5 Å². The zero-order valence-corrected chi connectivity index (χ0v) is 17.2. The summed E-state index contributed by atoms with van der Waals surface area (Å²) in [7, 11) is 3.26. The molecule has 0 aliphatic carbocycles. The molecule has 1 saturated heterocycles. The van der Waals surface area contributed by atoms with E-state index in [1.807, 2.05) is 30.3 Å². The number of hydrogen-bond acceptors (Lipinski definition) is 7. The maximum atomic E-state index is 10.5. The maximum Gasteiger partial charge on any atom is 0.161 e. The lowest BCUT2D eigenvalue weighted by molar-refractivity contribution is -0.00636. The zero-order valence-electron chi connectivity index (χ0n) is 17.2. The Bertz CT molecular complexity index is 714. The lowest BCUT2D eigenvalue weighted by atomic mass is 10.1. The molecule has 29 heavy (non-hydrogen) atoms. The van der Waals surface area contributed by atoms with E-state index in [1.54, 1.807) is 20.5 Å². The number of aliphatic hydroxyl groups is 1. The van der Waals surface area contributed by atoms with Gasteiger partial charge in [0, 0.05) is 26.2 Å². The van der Waals surface area contributed by atoms with Crippen molar-refractivity contribution in [3.05, 3.63) is 47.9 Å². The summed E-state index contributed by atoms with van der Waals surface area (Å²) in [5.74, 6) is 2.15. The standard InChI is InChI=1S/C22H31NO6/c1-25-21-8-7-17(11-22(21)26-2)12-23(14-19-5-3-9-28-19)13-18(24)15-27-16-20-6-4-10-29-20/h4,6-8,10-11,18-19,24H,3,5,9,12-16H2,1-2H3/t18-,19-/m1/s1. The Morgan fingerprint density at radius 2 is 2.07 bits per heavy atom. The number of aliphatic hydroxyl groups excluding tert-OH is 1. The van der Waals surface area contributed by atoms with Gasteiger partial charge >= 0.3 is 0 Å². The summed E-state index contributed by atoms with van der Waals surface area (Å²) >= 11 is 0. The Morgan fingerprint density at radius 3 is 2.76 bits per heavy atom. The van der Waals surface area contributed by atoms with Gasteiger partial charge < -0.3 is 28.5 Å². The molecule has 1 aliphatic rings. The predicted molar refractivity (Wildman–Crippen MR) is 108 cm³/mol. The third-order valence-corrected chi connectivity index (χ3v) is 4.94. The second-order valence-electron chi connectivity index (χ2n) is 7.27. The van der Waals surface area contributed by atoms with Crippen LogP contribution in [0.4, 0.5) is 0 Å². The first-order chi connectivity index (χ1) is 14.2. The van der Waals surface area contributed by atoms with Crippen molar-refractivity contribution in [1.29, 1.82) is 0 Å². The summed E-state index contributed by atoms with van der Waals surface area (Å²) in [4.78, 5) is 2.21. The van der Waals surface area contributed by atoms with Crippen LogP contribution >= 0.6 is 0 Å². The summed E-state index contributed by atoms with van der Waals surface area (Å²) in [6.07, 6.45) is 3.34. The smallest absolute Gasteiger partial charge is 0.161 e. The molecule has 0 radical (unpaired) electrons. The van der Waals surface area contributed by atoms with Crippen molar-refractivity contribution >= 4 is 0 Å². The molecule has 160 valence electrons. The van der Waals surface area contributed by atoms with Crippen LogP contribution in [-0.2, 0) is 22.6 Å². The Hall–Kier alpha value is -2.06. The van der Waals surface area contributed by atoms with Gasteiger partial charge in [0.05, 0.1) is 39.3 Å². The first-order valence-electron chi connectivity index (χ1n) is 10.0. The first kappa shape index (κ1) is 21.6. The van der Waals surface area contributed by atoms with Gasteiger partial charge in [0.1, 0.15) is 12.4 Å². The zero-order chi connectivity index (χ0) is 20.5. The lowest BCUT2D eigenvalue weighted by Gasteiger charge is -2.27. The molecular formula is C22H31NO6. The molecule has 1 aromatic carbocycles. The van der Waals surface area contributed by atoms with Crippen LogP contribution in [0.3, 0.4) is 0 Å². The Balaban J connectivity index is 1.57. The van der Waals surface area contributed by atoms with E-state index in [0.29, 0.717) is 31.2 Å². The summed E-state index contributed by atoms with van der Waals surface area (Å²) in [5.41, 5.74) is 1.09. The van der Waals surface area contributed by atoms with E-state index < -0.39 is 6.10 Å². The van der Waals surface area contributed by atoms with Crippen LogP contribution < -0.4 is 9.47 Å². The van der Waals surface area contributed by atoms with Gasteiger partial charge in [-0.25, -0.2) is 0 Å². The van der Waals surface area contributed by atoms with Crippen molar-refractivity contribution in [2.24, 2.45) is 0 Å². The van der Waals surface area contributed by atoms with Crippen LogP contribution in [0, 0.1) is 0 Å². The number of nitrogens with zero attached hydrogens (tertiary/aromatic N) is 1. The fourth-order valence-corrected chi connectivity index (χ4v) is 3.56. The minimum Gasteiger partial charge on any atom is -0.493 e. The molecule has 3 rings (SSSR count). The average Bonchev–Trinajstić information content (AvgIpc) is 3.42. The number of furan rings is 1. The molecular weight excluding hydrogens is 374 g/mol. The van der Waals surface area contributed by atoms with Crippen molar-refractivity contribution in [2.75, 3.05) is 40.5 Å². The van der Waals surface area contributed by atoms with Gasteiger partial charge in [-0.05, 0) is 42.7 Å². The largest absolute Gasteiger partial charge is 0.493 e. The van der Waals surface area contributed by atoms with E-state index in [0.717, 1.165) is 37.3 Å². The number of benzene rings is 1. The van der Waals surface area contributed by atoms with Crippen molar-refractivity contribution in [3.63, 3.8) is 0 Å². The van der Waals surface area contributed by atoms with Crippen LogP contribution in [-0.4, -0.2) is 62.7 Å². The van der Waals surface area contributed by atoms with E-state index in [1.165, 1.54) is 0 Å². The predicted octanol–water partition coefficient (Wildman–Crippen LogP) is 2.86. The molecule has 0 spiro atoms. The quantitative estimate of drug-likeness (QED) is 0.582. The molecule has 1 aromatic heterocycles. The van der Waals surface area contributed by atoms with Crippen LogP contribution in [0.15, 0.2) is 41.0 Å². The topological polar surface area (TPSA) is 73.5 Å². The van der Waals surface area contributed by atoms with E-state index in [9.17, 15) is 5.11 Å². The molecule has 2 atom stereocenters. The van der Waals surface area contributed by atoms with Gasteiger partial charge in [0.2, 0.25) is 0 Å². The fourth-order valence-electron chi connectivity index (χ4n) is 3.56. The molecule has 7 nitrogen and oxygen atoms in total. The summed E-state index contributed by atoms with van der Waals surface area (Å²) in [6.45, 7) is 3.34. The van der Waals surface area contributed by atoms with Gasteiger partial charge in [-0.3, -0.25) is 4.90 Å². The number of rotatable bonds is 12. The molecule has 2 aromatic rings. The molecule has 2 heterocycles. The van der Waals surface area contributed by atoms with Gasteiger partial charge in [0.25, 0.3) is 0 Å². The highest BCUT2D eigenvalue weighted by Crippen LogP contribution is 2.28. The average molecular weight is 405 g/mol. The summed E-state index contributed by atoms with van der Waals surface area (Å²) in [6, 6.07) is 9.57. The molecule has 1 fully saturated rings. The van der Waals surface area contributed by atoms with Gasteiger partial charge in [-0.2, -0.15) is 0 Å². The third kappa shape index (κ3) is 6.75. The van der Waals surface area contributed by atoms with Crippen molar-refractivity contribution in [1.82, 2.24) is 4.90 Å². The Labute approximate surface area is 172 Å². The second-order valence-corrected chi connectivity index (χ2v) is 7.27. The van der Waals surface area contributed by atoms with E-state index in [-0.39, 0.29) is 12.7 Å². The minimum absolute atomic E-state index is 0.200. The van der Waals surface area contributed by atoms with E-state index in [4.69, 9.17) is 23.4 Å². The molecule has 0 unspecified atom stereocenters. The Morgan fingerprint density at radius 1 is 1.21 bits per heavy atom. The van der Waals surface area contributed by atoms with E-state index in [2.05, 4.69) is 4.90 Å². The van der Waals surface area contributed by atoms with Crippen LogP contribution in [0.1, 0.15) is 24.2 Å². The minimum atomic E-state index is -0.605. The van der Waals surface area contributed by atoms with Gasteiger partial charge in [-0.1, -0.05) is 6.07 Å². The van der Waals surface area contributed by atoms with Crippen LogP contribution in [0.25, 0.3) is 0 Å². The van der Waals surface area contributed by atoms with E-state index >= 15 is 0 Å². The molecule has 1 N–H and O–H groups in total. The molecule has 0 bridgehead atoms. The van der Waals surface area contributed by atoms with Crippen molar-refractivity contribution in [3.8, 4) is 11.5 Å². The lowest BCUT2D eigenvalue weighted by Crippen LogP contribution is -2.39. The Kier molecular flexibility index (Phi) is 8.37. The van der Waals surface area contributed by atoms with Gasteiger partial charge in [0.15, 0.2) is 11.5 Å². The monoisotopic (exact) mass is 405 g/mol.